The molecule has 1 aromatic rings. The van der Waals surface area contributed by atoms with Crippen molar-refractivity contribution in [3.05, 3.63) is 35.6 Å². The Balaban J connectivity index is 0.00000264. The second-order valence-electron chi connectivity index (χ2n) is 5.63. The molecule has 128 valence electrons. The number of benzene rings is 1. The smallest absolute Gasteiger partial charge is 0.239 e. The standard InChI is InChI=1S/C16H22FN3O2.ClH/c17-13-7-3-6-12(8-13)16(11-4-1-2-5-11)20-15(22)10-19-14(21)9-18;/h3,6-8,11,16H,1-2,4-5,9-10,18H2,(H,19,21)(H,20,22);1H. The summed E-state index contributed by atoms with van der Waals surface area (Å²) in [5.74, 6) is -0.677. The van der Waals surface area contributed by atoms with Crippen LogP contribution in [0.4, 0.5) is 4.39 Å². The average Bonchev–Trinajstić information content (AvgIpc) is 3.04. The van der Waals surface area contributed by atoms with Crippen LogP contribution in [-0.2, 0) is 9.59 Å². The summed E-state index contributed by atoms with van der Waals surface area (Å²) in [6.07, 6.45) is 4.26. The average molecular weight is 344 g/mol. The lowest BCUT2D eigenvalue weighted by atomic mass is 9.91. The van der Waals surface area contributed by atoms with Gasteiger partial charge in [0.25, 0.3) is 0 Å². The molecule has 1 atom stereocenters. The van der Waals surface area contributed by atoms with Crippen LogP contribution in [-0.4, -0.2) is 24.9 Å². The summed E-state index contributed by atoms with van der Waals surface area (Å²) in [6, 6.07) is 6.10. The largest absolute Gasteiger partial charge is 0.347 e. The predicted molar refractivity (Wildman–Crippen MR) is 88.6 cm³/mol. The Morgan fingerprint density at radius 1 is 1.26 bits per heavy atom. The maximum absolute atomic E-state index is 13.5. The summed E-state index contributed by atoms with van der Waals surface area (Å²) < 4.78 is 13.5. The lowest BCUT2D eigenvalue weighted by Gasteiger charge is -2.25. The van der Waals surface area contributed by atoms with E-state index in [1.807, 2.05) is 6.07 Å². The van der Waals surface area contributed by atoms with Crippen LogP contribution in [0.1, 0.15) is 37.3 Å². The minimum atomic E-state index is -0.377. The van der Waals surface area contributed by atoms with Crippen LogP contribution in [0.5, 0.6) is 0 Å². The van der Waals surface area contributed by atoms with E-state index in [-0.39, 0.29) is 49.2 Å². The molecule has 1 unspecified atom stereocenters. The molecular weight excluding hydrogens is 321 g/mol. The van der Waals surface area contributed by atoms with E-state index in [2.05, 4.69) is 10.6 Å². The van der Waals surface area contributed by atoms with Gasteiger partial charge in [-0.05, 0) is 36.5 Å². The fraction of sp³-hybridized carbons (Fsp3) is 0.500. The van der Waals surface area contributed by atoms with Crippen molar-refractivity contribution in [2.75, 3.05) is 13.1 Å². The zero-order valence-corrected chi connectivity index (χ0v) is 13.7. The molecule has 0 spiro atoms. The molecule has 1 aliphatic carbocycles. The summed E-state index contributed by atoms with van der Waals surface area (Å²) in [4.78, 5) is 23.1. The van der Waals surface area contributed by atoms with Gasteiger partial charge in [0.2, 0.25) is 11.8 Å². The lowest BCUT2D eigenvalue weighted by Crippen LogP contribution is -2.42. The maximum atomic E-state index is 13.5. The van der Waals surface area contributed by atoms with E-state index >= 15 is 0 Å². The van der Waals surface area contributed by atoms with Crippen LogP contribution < -0.4 is 16.4 Å². The van der Waals surface area contributed by atoms with Crippen LogP contribution in [0, 0.1) is 11.7 Å². The van der Waals surface area contributed by atoms with E-state index < -0.39 is 0 Å². The number of carbonyl (C=O) groups is 2. The van der Waals surface area contributed by atoms with Crippen molar-refractivity contribution in [3.8, 4) is 0 Å². The van der Waals surface area contributed by atoms with Crippen molar-refractivity contribution in [1.82, 2.24) is 10.6 Å². The van der Waals surface area contributed by atoms with Crippen molar-refractivity contribution >= 4 is 24.2 Å². The number of carbonyl (C=O) groups excluding carboxylic acids is 2. The first kappa shape index (κ1) is 19.4. The number of rotatable bonds is 6. The van der Waals surface area contributed by atoms with Gasteiger partial charge in [-0.2, -0.15) is 0 Å². The molecule has 0 aliphatic heterocycles. The second kappa shape index (κ2) is 9.47. The van der Waals surface area contributed by atoms with E-state index in [0.29, 0.717) is 5.92 Å². The van der Waals surface area contributed by atoms with Crippen LogP contribution in [0.25, 0.3) is 0 Å². The highest BCUT2D eigenvalue weighted by atomic mass is 35.5. The molecule has 1 saturated carbocycles. The Labute approximate surface area is 141 Å². The maximum Gasteiger partial charge on any atom is 0.239 e. The molecule has 2 rings (SSSR count). The molecule has 1 aromatic carbocycles. The van der Waals surface area contributed by atoms with Gasteiger partial charge in [0.1, 0.15) is 5.82 Å². The Morgan fingerprint density at radius 2 is 1.96 bits per heavy atom. The monoisotopic (exact) mass is 343 g/mol. The molecule has 5 nitrogen and oxygen atoms in total. The summed E-state index contributed by atoms with van der Waals surface area (Å²) in [5.41, 5.74) is 5.95. The minimum Gasteiger partial charge on any atom is -0.347 e. The highest BCUT2D eigenvalue weighted by Crippen LogP contribution is 2.35. The highest BCUT2D eigenvalue weighted by Gasteiger charge is 2.27. The number of amides is 2. The van der Waals surface area contributed by atoms with Crippen LogP contribution in [0.15, 0.2) is 24.3 Å². The number of hydrogen-bond acceptors (Lipinski definition) is 3. The highest BCUT2D eigenvalue weighted by molar-refractivity contribution is 5.86. The number of nitrogens with two attached hydrogens (primary N) is 1. The summed E-state index contributed by atoms with van der Waals surface area (Å²) >= 11 is 0. The summed E-state index contributed by atoms with van der Waals surface area (Å²) in [6.45, 7) is -0.266. The lowest BCUT2D eigenvalue weighted by molar-refractivity contribution is -0.126. The van der Waals surface area contributed by atoms with Crippen molar-refractivity contribution in [1.29, 1.82) is 0 Å². The molecule has 23 heavy (non-hydrogen) atoms. The van der Waals surface area contributed by atoms with Crippen molar-refractivity contribution < 1.29 is 14.0 Å². The van der Waals surface area contributed by atoms with Crippen molar-refractivity contribution in [2.24, 2.45) is 11.7 Å². The van der Waals surface area contributed by atoms with E-state index in [0.717, 1.165) is 31.2 Å². The van der Waals surface area contributed by atoms with Gasteiger partial charge in [0.15, 0.2) is 0 Å². The first-order valence-electron chi connectivity index (χ1n) is 7.61. The van der Waals surface area contributed by atoms with E-state index in [9.17, 15) is 14.0 Å². The third kappa shape index (κ3) is 5.80. The van der Waals surface area contributed by atoms with Gasteiger partial charge < -0.3 is 16.4 Å². The topological polar surface area (TPSA) is 84.2 Å². The zero-order chi connectivity index (χ0) is 15.9. The fourth-order valence-electron chi connectivity index (χ4n) is 2.94. The predicted octanol–water partition coefficient (Wildman–Crippen LogP) is 1.67. The molecule has 0 heterocycles. The van der Waals surface area contributed by atoms with E-state index in [4.69, 9.17) is 5.73 Å². The van der Waals surface area contributed by atoms with E-state index in [1.54, 1.807) is 6.07 Å². The number of hydrogen-bond donors (Lipinski definition) is 3. The number of nitrogens with one attached hydrogen (secondary N) is 2. The van der Waals surface area contributed by atoms with Crippen molar-refractivity contribution in [3.63, 3.8) is 0 Å². The Hall–Kier alpha value is -1.66. The normalized spacial score (nSPS) is 15.6. The van der Waals surface area contributed by atoms with Crippen LogP contribution >= 0.6 is 12.4 Å². The molecule has 1 fully saturated rings. The van der Waals surface area contributed by atoms with Crippen LogP contribution in [0.3, 0.4) is 0 Å². The molecule has 2 amide bonds. The fourth-order valence-corrected chi connectivity index (χ4v) is 2.94. The van der Waals surface area contributed by atoms with Gasteiger partial charge in [0, 0.05) is 0 Å². The second-order valence-corrected chi connectivity index (χ2v) is 5.63. The summed E-state index contributed by atoms with van der Waals surface area (Å²) in [5, 5.41) is 5.36. The molecule has 0 radical (unpaired) electrons. The van der Waals surface area contributed by atoms with Gasteiger partial charge in [-0.25, -0.2) is 4.39 Å². The van der Waals surface area contributed by atoms with Gasteiger partial charge in [-0.3, -0.25) is 9.59 Å². The number of halogens is 2. The van der Waals surface area contributed by atoms with Crippen LogP contribution in [0.2, 0.25) is 0 Å². The van der Waals surface area contributed by atoms with Gasteiger partial charge >= 0.3 is 0 Å². The van der Waals surface area contributed by atoms with E-state index in [1.165, 1.54) is 12.1 Å². The molecule has 0 bridgehead atoms. The first-order chi connectivity index (χ1) is 10.6. The van der Waals surface area contributed by atoms with Crippen molar-refractivity contribution in [2.45, 2.75) is 31.7 Å². The molecular formula is C16H23ClFN3O2. The third-order valence-corrected chi connectivity index (χ3v) is 4.03. The van der Waals surface area contributed by atoms with Gasteiger partial charge in [0.05, 0.1) is 19.1 Å². The Morgan fingerprint density at radius 3 is 2.57 bits per heavy atom. The van der Waals surface area contributed by atoms with Gasteiger partial charge in [-0.1, -0.05) is 25.0 Å². The Bertz CT molecular complexity index is 536. The first-order valence-corrected chi connectivity index (χ1v) is 7.61. The zero-order valence-electron chi connectivity index (χ0n) is 12.9. The quantitative estimate of drug-likeness (QED) is 0.734. The molecule has 1 aliphatic rings. The molecule has 4 N–H and O–H groups in total. The molecule has 7 heteroatoms. The Kier molecular flexibility index (Phi) is 7.98. The third-order valence-electron chi connectivity index (χ3n) is 4.03. The van der Waals surface area contributed by atoms with Gasteiger partial charge in [-0.15, -0.1) is 12.4 Å². The minimum absolute atomic E-state index is 0. The SMILES string of the molecule is Cl.NCC(=O)NCC(=O)NC(c1cccc(F)c1)C1CCCC1. The molecule has 0 saturated heterocycles. The summed E-state index contributed by atoms with van der Waals surface area (Å²) in [7, 11) is 0. The molecule has 0 aromatic heterocycles.